The molecule has 0 unspecified atom stereocenters. The van der Waals surface area contributed by atoms with Gasteiger partial charge in [0.1, 0.15) is 0 Å². The first-order valence-electron chi connectivity index (χ1n) is 6.63. The standard InChI is InChI=1S/C15H18N2O3/c1-11-3-4-12(2)13(9-11)14(19)15(20)17-7-5-16(10-18)6-8-17/h3-4,9-10H,5-8H2,1-2H3. The molecule has 1 aromatic carbocycles. The van der Waals surface area contributed by atoms with Crippen LogP contribution in [0.25, 0.3) is 0 Å². The van der Waals surface area contributed by atoms with Crippen LogP contribution in [0.1, 0.15) is 21.5 Å². The monoisotopic (exact) mass is 274 g/mol. The van der Waals surface area contributed by atoms with E-state index >= 15 is 0 Å². The van der Waals surface area contributed by atoms with Gasteiger partial charge in [0.05, 0.1) is 0 Å². The molecule has 0 aliphatic carbocycles. The van der Waals surface area contributed by atoms with E-state index in [4.69, 9.17) is 0 Å². The summed E-state index contributed by atoms with van der Waals surface area (Å²) in [7, 11) is 0. The molecule has 0 saturated carbocycles. The highest BCUT2D eigenvalue weighted by Gasteiger charge is 2.27. The Morgan fingerprint density at radius 2 is 1.75 bits per heavy atom. The number of hydrogen-bond acceptors (Lipinski definition) is 3. The minimum atomic E-state index is -0.482. The van der Waals surface area contributed by atoms with Gasteiger partial charge in [-0.15, -0.1) is 0 Å². The topological polar surface area (TPSA) is 57.7 Å². The highest BCUT2D eigenvalue weighted by atomic mass is 16.2. The van der Waals surface area contributed by atoms with Gasteiger partial charge in [0.2, 0.25) is 6.41 Å². The number of hydrogen-bond donors (Lipinski definition) is 0. The van der Waals surface area contributed by atoms with Gasteiger partial charge in [0, 0.05) is 31.7 Å². The van der Waals surface area contributed by atoms with Gasteiger partial charge in [0.25, 0.3) is 11.7 Å². The van der Waals surface area contributed by atoms with Crippen LogP contribution >= 0.6 is 0 Å². The Morgan fingerprint density at radius 1 is 1.10 bits per heavy atom. The van der Waals surface area contributed by atoms with Gasteiger partial charge >= 0.3 is 0 Å². The van der Waals surface area contributed by atoms with Crippen LogP contribution < -0.4 is 0 Å². The van der Waals surface area contributed by atoms with Crippen molar-refractivity contribution in [3.63, 3.8) is 0 Å². The number of rotatable bonds is 3. The summed E-state index contributed by atoms with van der Waals surface area (Å²) in [6, 6.07) is 5.51. The van der Waals surface area contributed by atoms with Crippen molar-refractivity contribution in [2.24, 2.45) is 0 Å². The van der Waals surface area contributed by atoms with Crippen molar-refractivity contribution in [1.82, 2.24) is 9.80 Å². The Labute approximate surface area is 118 Å². The van der Waals surface area contributed by atoms with Crippen molar-refractivity contribution in [1.29, 1.82) is 0 Å². The van der Waals surface area contributed by atoms with Crippen molar-refractivity contribution >= 4 is 18.1 Å². The number of ketones is 1. The quantitative estimate of drug-likeness (QED) is 0.465. The third-order valence-electron chi connectivity index (χ3n) is 3.58. The predicted molar refractivity (Wildman–Crippen MR) is 74.5 cm³/mol. The van der Waals surface area contributed by atoms with E-state index in [-0.39, 0.29) is 0 Å². The average molecular weight is 274 g/mol. The smallest absolute Gasteiger partial charge is 0.295 e. The lowest BCUT2D eigenvalue weighted by molar-refractivity contribution is -0.131. The first kappa shape index (κ1) is 14.2. The van der Waals surface area contributed by atoms with E-state index in [1.807, 2.05) is 26.0 Å². The predicted octanol–water partition coefficient (Wildman–Crippen LogP) is 0.787. The molecule has 0 bridgehead atoms. The fraction of sp³-hybridized carbons (Fsp3) is 0.400. The van der Waals surface area contributed by atoms with Crippen molar-refractivity contribution in [3.8, 4) is 0 Å². The van der Waals surface area contributed by atoms with Crippen molar-refractivity contribution in [3.05, 3.63) is 34.9 Å². The molecule has 0 spiro atoms. The van der Waals surface area contributed by atoms with Crippen LogP contribution in [-0.2, 0) is 9.59 Å². The van der Waals surface area contributed by atoms with E-state index in [2.05, 4.69) is 0 Å². The molecule has 5 nitrogen and oxygen atoms in total. The number of benzene rings is 1. The fourth-order valence-electron chi connectivity index (χ4n) is 2.27. The van der Waals surface area contributed by atoms with Crippen LogP contribution in [0.2, 0.25) is 0 Å². The second-order valence-electron chi connectivity index (χ2n) is 5.08. The lowest BCUT2D eigenvalue weighted by Gasteiger charge is -2.32. The van der Waals surface area contributed by atoms with Crippen LogP contribution in [0.4, 0.5) is 0 Å². The molecular formula is C15H18N2O3. The van der Waals surface area contributed by atoms with Crippen molar-refractivity contribution in [2.45, 2.75) is 13.8 Å². The highest BCUT2D eigenvalue weighted by molar-refractivity contribution is 6.43. The van der Waals surface area contributed by atoms with E-state index in [1.165, 1.54) is 4.90 Å². The van der Waals surface area contributed by atoms with Gasteiger partial charge in [-0.1, -0.05) is 17.7 Å². The molecule has 0 N–H and O–H groups in total. The first-order chi connectivity index (χ1) is 9.52. The molecule has 20 heavy (non-hydrogen) atoms. The second kappa shape index (κ2) is 5.86. The highest BCUT2D eigenvalue weighted by Crippen LogP contribution is 2.13. The zero-order valence-electron chi connectivity index (χ0n) is 11.8. The third kappa shape index (κ3) is 2.87. The van der Waals surface area contributed by atoms with Gasteiger partial charge in [0.15, 0.2) is 0 Å². The summed E-state index contributed by atoms with van der Waals surface area (Å²) >= 11 is 0. The summed E-state index contributed by atoms with van der Waals surface area (Å²) in [6.45, 7) is 5.50. The van der Waals surface area contributed by atoms with E-state index in [0.717, 1.165) is 17.5 Å². The van der Waals surface area contributed by atoms with E-state index in [0.29, 0.717) is 31.7 Å². The van der Waals surface area contributed by atoms with Gasteiger partial charge < -0.3 is 9.80 Å². The summed E-state index contributed by atoms with van der Waals surface area (Å²) in [5.41, 5.74) is 2.23. The van der Waals surface area contributed by atoms with Gasteiger partial charge in [-0.05, 0) is 25.5 Å². The maximum atomic E-state index is 12.3. The Morgan fingerprint density at radius 3 is 2.35 bits per heavy atom. The van der Waals surface area contributed by atoms with E-state index in [9.17, 15) is 14.4 Å². The Hall–Kier alpha value is -2.17. The van der Waals surface area contributed by atoms with E-state index in [1.54, 1.807) is 11.0 Å². The summed E-state index contributed by atoms with van der Waals surface area (Å²) < 4.78 is 0. The normalized spacial score (nSPS) is 15.1. The summed E-state index contributed by atoms with van der Waals surface area (Å²) in [5.74, 6) is -0.949. The van der Waals surface area contributed by atoms with Crippen molar-refractivity contribution in [2.75, 3.05) is 26.2 Å². The molecule has 1 aliphatic heterocycles. The Balaban J connectivity index is 2.11. The van der Waals surface area contributed by atoms with Crippen LogP contribution in [0, 0.1) is 13.8 Å². The second-order valence-corrected chi connectivity index (χ2v) is 5.08. The molecule has 1 saturated heterocycles. The lowest BCUT2D eigenvalue weighted by Crippen LogP contribution is -2.50. The van der Waals surface area contributed by atoms with Gasteiger partial charge in [-0.25, -0.2) is 0 Å². The molecule has 2 amide bonds. The number of aryl methyl sites for hydroxylation is 2. The van der Waals surface area contributed by atoms with Gasteiger partial charge in [-0.2, -0.15) is 0 Å². The van der Waals surface area contributed by atoms with E-state index < -0.39 is 11.7 Å². The minimum Gasteiger partial charge on any atom is -0.342 e. The van der Waals surface area contributed by atoms with Crippen molar-refractivity contribution < 1.29 is 14.4 Å². The molecular weight excluding hydrogens is 256 g/mol. The number of piperazine rings is 1. The molecule has 1 aliphatic rings. The molecule has 2 rings (SSSR count). The SMILES string of the molecule is Cc1ccc(C)c(C(=O)C(=O)N2CCN(C=O)CC2)c1. The summed E-state index contributed by atoms with van der Waals surface area (Å²) in [5, 5.41) is 0. The molecule has 5 heteroatoms. The van der Waals surface area contributed by atoms with Crippen LogP contribution in [0.5, 0.6) is 0 Å². The van der Waals surface area contributed by atoms with Crippen LogP contribution in [0.3, 0.4) is 0 Å². The molecule has 0 atom stereocenters. The zero-order chi connectivity index (χ0) is 14.7. The minimum absolute atomic E-state index is 0.411. The summed E-state index contributed by atoms with van der Waals surface area (Å²) in [6.07, 6.45) is 0.772. The Bertz CT molecular complexity index is 546. The maximum absolute atomic E-state index is 12.3. The lowest BCUT2D eigenvalue weighted by atomic mass is 10.0. The Kier molecular flexibility index (Phi) is 4.17. The van der Waals surface area contributed by atoms with Crippen LogP contribution in [-0.4, -0.2) is 54.1 Å². The molecule has 0 aromatic heterocycles. The number of nitrogens with zero attached hydrogens (tertiary/aromatic N) is 2. The zero-order valence-corrected chi connectivity index (χ0v) is 11.8. The number of amides is 2. The number of Topliss-reactive ketones (excluding diaryl/α,β-unsaturated/α-hetero) is 1. The van der Waals surface area contributed by atoms with Crippen LogP contribution in [0.15, 0.2) is 18.2 Å². The fourth-order valence-corrected chi connectivity index (χ4v) is 2.27. The molecule has 1 aromatic rings. The number of carbonyl (C=O) groups excluding carboxylic acids is 3. The molecule has 106 valence electrons. The molecule has 0 radical (unpaired) electrons. The molecule has 1 heterocycles. The molecule has 1 fully saturated rings. The maximum Gasteiger partial charge on any atom is 0.295 e. The first-order valence-corrected chi connectivity index (χ1v) is 6.63. The average Bonchev–Trinajstić information content (AvgIpc) is 2.48. The summed E-state index contributed by atoms with van der Waals surface area (Å²) in [4.78, 5) is 38.3. The third-order valence-corrected chi connectivity index (χ3v) is 3.58. The number of carbonyl (C=O) groups is 3. The van der Waals surface area contributed by atoms with Gasteiger partial charge in [-0.3, -0.25) is 14.4 Å². The largest absolute Gasteiger partial charge is 0.342 e.